The molecule has 0 bridgehead atoms. The van der Waals surface area contributed by atoms with Gasteiger partial charge in [0.2, 0.25) is 0 Å². The summed E-state index contributed by atoms with van der Waals surface area (Å²) in [6, 6.07) is 12.1. The van der Waals surface area contributed by atoms with Gasteiger partial charge in [-0.05, 0) is 18.9 Å². The minimum atomic E-state index is 0.0120. The number of nitriles is 1. The molecule has 0 aliphatic heterocycles. The zero-order valence-electron chi connectivity index (χ0n) is 13.9. The van der Waals surface area contributed by atoms with Crippen LogP contribution in [0.1, 0.15) is 30.5 Å². The number of thiophene rings is 1. The number of rotatable bonds is 5. The van der Waals surface area contributed by atoms with Crippen molar-refractivity contribution in [1.29, 1.82) is 5.26 Å². The lowest BCUT2D eigenvalue weighted by molar-refractivity contribution is 0.594. The number of nitrogens with zero attached hydrogens (tertiary/aromatic N) is 3. The first-order valence-electron chi connectivity index (χ1n) is 8.12. The highest BCUT2D eigenvalue weighted by molar-refractivity contribution is 7.19. The van der Waals surface area contributed by atoms with E-state index in [0.717, 1.165) is 26.7 Å². The Bertz CT molecular complexity index is 964. The summed E-state index contributed by atoms with van der Waals surface area (Å²) < 4.78 is 1.75. The van der Waals surface area contributed by atoms with Crippen LogP contribution in [0.3, 0.4) is 0 Å². The maximum Gasteiger partial charge on any atom is 0.262 e. The first kappa shape index (κ1) is 16.4. The largest absolute Gasteiger partial charge is 0.296 e. The van der Waals surface area contributed by atoms with Crippen LogP contribution in [0.5, 0.6) is 0 Å². The van der Waals surface area contributed by atoms with Gasteiger partial charge < -0.3 is 0 Å². The van der Waals surface area contributed by atoms with Crippen LogP contribution in [-0.2, 0) is 13.0 Å². The average molecular weight is 337 g/mol. The second-order valence-electron chi connectivity index (χ2n) is 5.68. The highest BCUT2D eigenvalue weighted by Crippen LogP contribution is 2.35. The fourth-order valence-corrected chi connectivity index (χ4v) is 4.06. The SMILES string of the molecule is CCc1nc2sc(C)c(-c3ccccc3)c2c(=O)n1CCCC#N. The molecule has 0 atom stereocenters. The van der Waals surface area contributed by atoms with Crippen molar-refractivity contribution in [2.24, 2.45) is 0 Å². The van der Waals surface area contributed by atoms with E-state index in [2.05, 4.69) is 6.07 Å². The second kappa shape index (κ2) is 6.98. The Labute approximate surface area is 145 Å². The van der Waals surface area contributed by atoms with Gasteiger partial charge in [-0.2, -0.15) is 5.26 Å². The van der Waals surface area contributed by atoms with Crippen molar-refractivity contribution in [2.75, 3.05) is 0 Å². The molecule has 0 aliphatic rings. The van der Waals surface area contributed by atoms with Crippen molar-refractivity contribution < 1.29 is 0 Å². The van der Waals surface area contributed by atoms with Crippen molar-refractivity contribution >= 4 is 21.6 Å². The molecule has 24 heavy (non-hydrogen) atoms. The zero-order chi connectivity index (χ0) is 17.1. The van der Waals surface area contributed by atoms with E-state index >= 15 is 0 Å². The highest BCUT2D eigenvalue weighted by Gasteiger charge is 2.18. The van der Waals surface area contributed by atoms with Crippen LogP contribution in [0.4, 0.5) is 0 Å². The van der Waals surface area contributed by atoms with Crippen molar-refractivity contribution in [1.82, 2.24) is 9.55 Å². The molecule has 0 amide bonds. The quantitative estimate of drug-likeness (QED) is 0.652. The first-order chi connectivity index (χ1) is 11.7. The van der Waals surface area contributed by atoms with Crippen LogP contribution < -0.4 is 5.56 Å². The predicted octanol–water partition coefficient (Wildman–Crippen LogP) is 4.30. The second-order valence-corrected chi connectivity index (χ2v) is 6.88. The molecule has 3 aromatic rings. The van der Waals surface area contributed by atoms with E-state index in [0.29, 0.717) is 31.2 Å². The molecule has 1 aromatic carbocycles. The molecule has 0 N–H and O–H groups in total. The van der Waals surface area contributed by atoms with Gasteiger partial charge >= 0.3 is 0 Å². The van der Waals surface area contributed by atoms with E-state index in [-0.39, 0.29) is 5.56 Å². The average Bonchev–Trinajstić information content (AvgIpc) is 2.93. The van der Waals surface area contributed by atoms with Gasteiger partial charge in [-0.25, -0.2) is 4.98 Å². The molecule has 4 nitrogen and oxygen atoms in total. The summed E-state index contributed by atoms with van der Waals surface area (Å²) in [6.45, 7) is 4.59. The molecule has 0 spiro atoms. The van der Waals surface area contributed by atoms with Gasteiger partial charge in [0.25, 0.3) is 5.56 Å². The zero-order valence-corrected chi connectivity index (χ0v) is 14.7. The van der Waals surface area contributed by atoms with Crippen molar-refractivity contribution in [2.45, 2.75) is 39.7 Å². The molecule has 122 valence electrons. The molecular weight excluding hydrogens is 318 g/mol. The van der Waals surface area contributed by atoms with Crippen molar-refractivity contribution in [3.05, 3.63) is 51.4 Å². The molecule has 0 radical (unpaired) electrons. The molecule has 2 aromatic heterocycles. The Balaban J connectivity index is 2.25. The normalized spacial score (nSPS) is 10.9. The van der Waals surface area contributed by atoms with Gasteiger partial charge in [0.1, 0.15) is 10.7 Å². The molecule has 5 heteroatoms. The standard InChI is InChI=1S/C19H19N3OS/c1-3-15-21-18-17(19(23)22(15)12-8-7-11-20)16(13(2)24-18)14-9-5-4-6-10-14/h4-6,9-10H,3,7-8,12H2,1-2H3. The van der Waals surface area contributed by atoms with Gasteiger partial charge in [-0.3, -0.25) is 9.36 Å². The summed E-state index contributed by atoms with van der Waals surface area (Å²) in [6.07, 6.45) is 1.82. The molecular formula is C19H19N3OS. The number of hydrogen-bond donors (Lipinski definition) is 0. The maximum atomic E-state index is 13.2. The van der Waals surface area contributed by atoms with Crippen LogP contribution in [-0.4, -0.2) is 9.55 Å². The number of aryl methyl sites for hydroxylation is 2. The Hall–Kier alpha value is -2.45. The van der Waals surface area contributed by atoms with Crippen LogP contribution in [0.2, 0.25) is 0 Å². The molecule has 0 saturated carbocycles. The lowest BCUT2D eigenvalue weighted by atomic mass is 10.0. The topological polar surface area (TPSA) is 58.7 Å². The number of unbranched alkanes of at least 4 members (excludes halogenated alkanes) is 1. The molecule has 0 fully saturated rings. The van der Waals surface area contributed by atoms with E-state index in [1.165, 1.54) is 0 Å². The van der Waals surface area contributed by atoms with Gasteiger partial charge in [0, 0.05) is 29.8 Å². The van der Waals surface area contributed by atoms with E-state index < -0.39 is 0 Å². The van der Waals surface area contributed by atoms with E-state index in [1.54, 1.807) is 15.9 Å². The minimum Gasteiger partial charge on any atom is -0.296 e. The van der Waals surface area contributed by atoms with Crippen molar-refractivity contribution in [3.8, 4) is 17.2 Å². The number of aromatic nitrogens is 2. The first-order valence-corrected chi connectivity index (χ1v) is 8.94. The third-order valence-electron chi connectivity index (χ3n) is 4.12. The summed E-state index contributed by atoms with van der Waals surface area (Å²) >= 11 is 1.58. The smallest absolute Gasteiger partial charge is 0.262 e. The Morgan fingerprint density at radius 2 is 2.04 bits per heavy atom. The van der Waals surface area contributed by atoms with Crippen LogP contribution >= 0.6 is 11.3 Å². The predicted molar refractivity (Wildman–Crippen MR) is 98.3 cm³/mol. The summed E-state index contributed by atoms with van der Waals surface area (Å²) in [4.78, 5) is 19.8. The van der Waals surface area contributed by atoms with E-state index in [9.17, 15) is 4.79 Å². The minimum absolute atomic E-state index is 0.0120. The van der Waals surface area contributed by atoms with E-state index in [4.69, 9.17) is 10.2 Å². The van der Waals surface area contributed by atoms with Crippen LogP contribution in [0.15, 0.2) is 35.1 Å². The lowest BCUT2D eigenvalue weighted by Gasteiger charge is -2.11. The van der Waals surface area contributed by atoms with Crippen LogP contribution in [0, 0.1) is 18.3 Å². The summed E-state index contributed by atoms with van der Waals surface area (Å²) in [5, 5.41) is 9.46. The fraction of sp³-hybridized carbons (Fsp3) is 0.316. The third kappa shape index (κ3) is 2.85. The molecule has 0 unspecified atom stereocenters. The summed E-state index contributed by atoms with van der Waals surface area (Å²) in [5.41, 5.74) is 2.05. The van der Waals surface area contributed by atoms with Gasteiger partial charge in [-0.1, -0.05) is 37.3 Å². The number of hydrogen-bond acceptors (Lipinski definition) is 4. The Kier molecular flexibility index (Phi) is 4.77. The maximum absolute atomic E-state index is 13.2. The van der Waals surface area contributed by atoms with Gasteiger partial charge in [-0.15, -0.1) is 11.3 Å². The van der Waals surface area contributed by atoms with Crippen molar-refractivity contribution in [3.63, 3.8) is 0 Å². The van der Waals surface area contributed by atoms with E-state index in [1.807, 2.05) is 44.2 Å². The highest BCUT2D eigenvalue weighted by atomic mass is 32.1. The van der Waals surface area contributed by atoms with Crippen LogP contribution in [0.25, 0.3) is 21.3 Å². The molecule has 0 saturated heterocycles. The number of benzene rings is 1. The monoisotopic (exact) mass is 337 g/mol. The Morgan fingerprint density at radius 1 is 1.29 bits per heavy atom. The number of fused-ring (bicyclic) bond motifs is 1. The fourth-order valence-electron chi connectivity index (χ4n) is 3.01. The molecule has 0 aliphatic carbocycles. The lowest BCUT2D eigenvalue weighted by Crippen LogP contribution is -2.25. The molecule has 2 heterocycles. The van der Waals surface area contributed by atoms with Gasteiger partial charge in [0.15, 0.2) is 0 Å². The molecule has 3 rings (SSSR count). The summed E-state index contributed by atoms with van der Waals surface area (Å²) in [5.74, 6) is 0.798. The Morgan fingerprint density at radius 3 is 2.71 bits per heavy atom. The van der Waals surface area contributed by atoms with Gasteiger partial charge in [0.05, 0.1) is 11.5 Å². The summed E-state index contributed by atoms with van der Waals surface area (Å²) in [7, 11) is 0. The third-order valence-corrected chi connectivity index (χ3v) is 5.11.